The van der Waals surface area contributed by atoms with Crippen LogP contribution in [0.15, 0.2) is 45.9 Å². The Kier molecular flexibility index (Phi) is 7.27. The second-order valence-corrected chi connectivity index (χ2v) is 6.58. The molecule has 2 heterocycles. The summed E-state index contributed by atoms with van der Waals surface area (Å²) in [6.07, 6.45) is 3.78. The Labute approximate surface area is 156 Å². The molecule has 0 saturated carbocycles. The van der Waals surface area contributed by atoms with E-state index in [9.17, 15) is 4.79 Å². The molecule has 5 nitrogen and oxygen atoms in total. The number of aromatic nitrogens is 2. The zero-order valence-electron chi connectivity index (χ0n) is 13.3. The summed E-state index contributed by atoms with van der Waals surface area (Å²) in [4.78, 5) is 16.8. The molecule has 3 rings (SSSR count). The van der Waals surface area contributed by atoms with Crippen molar-refractivity contribution in [3.8, 4) is 5.88 Å². The highest BCUT2D eigenvalue weighted by atomic mass is 79.9. The van der Waals surface area contributed by atoms with Crippen LogP contribution in [0.3, 0.4) is 0 Å². The van der Waals surface area contributed by atoms with Gasteiger partial charge in [-0.2, -0.15) is 0 Å². The van der Waals surface area contributed by atoms with Gasteiger partial charge in [0, 0.05) is 6.54 Å². The second kappa shape index (κ2) is 9.20. The molecule has 0 unspecified atom stereocenters. The predicted molar refractivity (Wildman–Crippen MR) is 99.8 cm³/mol. The van der Waals surface area contributed by atoms with E-state index in [1.807, 2.05) is 30.3 Å². The van der Waals surface area contributed by atoms with Crippen molar-refractivity contribution < 1.29 is 4.74 Å². The maximum absolute atomic E-state index is 12.5. The largest absolute Gasteiger partial charge is 0.472 e. The van der Waals surface area contributed by atoms with Gasteiger partial charge in [-0.1, -0.05) is 30.3 Å². The fourth-order valence-electron chi connectivity index (χ4n) is 2.75. The summed E-state index contributed by atoms with van der Waals surface area (Å²) < 4.78 is 7.74. The SMILES string of the molecule is Cl.O=c1c(Br)c(OCc2ccccc2)ncn1CC1CCNCC1. The molecule has 1 aliphatic rings. The minimum Gasteiger partial charge on any atom is -0.472 e. The van der Waals surface area contributed by atoms with E-state index in [0.29, 0.717) is 29.4 Å². The van der Waals surface area contributed by atoms with Gasteiger partial charge in [0.1, 0.15) is 17.4 Å². The topological polar surface area (TPSA) is 56.1 Å². The van der Waals surface area contributed by atoms with Crippen LogP contribution in [0.5, 0.6) is 5.88 Å². The second-order valence-electron chi connectivity index (χ2n) is 5.79. The summed E-state index contributed by atoms with van der Waals surface area (Å²) in [7, 11) is 0. The van der Waals surface area contributed by atoms with Crippen LogP contribution in [-0.2, 0) is 13.2 Å². The Balaban J connectivity index is 0.00000208. The molecular weight excluding hydrogens is 394 g/mol. The molecule has 2 aromatic rings. The molecule has 0 atom stereocenters. The molecule has 130 valence electrons. The van der Waals surface area contributed by atoms with Crippen molar-refractivity contribution in [1.29, 1.82) is 0 Å². The number of hydrogen-bond donors (Lipinski definition) is 1. The Morgan fingerprint density at radius 2 is 1.96 bits per heavy atom. The lowest BCUT2D eigenvalue weighted by atomic mass is 9.98. The standard InChI is InChI=1S/C17H20BrN3O2.ClH/c18-15-16(23-11-14-4-2-1-3-5-14)20-12-21(17(15)22)10-13-6-8-19-9-7-13;/h1-5,12-13,19H,6-11H2;1H. The van der Waals surface area contributed by atoms with Crippen LogP contribution in [0.1, 0.15) is 18.4 Å². The van der Waals surface area contributed by atoms with Crippen molar-refractivity contribution in [2.75, 3.05) is 13.1 Å². The smallest absolute Gasteiger partial charge is 0.271 e. The van der Waals surface area contributed by atoms with E-state index >= 15 is 0 Å². The van der Waals surface area contributed by atoms with Gasteiger partial charge >= 0.3 is 0 Å². The van der Waals surface area contributed by atoms with Crippen LogP contribution in [-0.4, -0.2) is 22.6 Å². The van der Waals surface area contributed by atoms with E-state index in [-0.39, 0.29) is 18.0 Å². The van der Waals surface area contributed by atoms with Crippen molar-refractivity contribution in [1.82, 2.24) is 14.9 Å². The quantitative estimate of drug-likeness (QED) is 0.817. The highest BCUT2D eigenvalue weighted by Crippen LogP contribution is 2.20. The molecule has 7 heteroatoms. The summed E-state index contributed by atoms with van der Waals surface area (Å²) in [6.45, 7) is 3.15. The van der Waals surface area contributed by atoms with Crippen LogP contribution >= 0.6 is 28.3 Å². The maximum atomic E-state index is 12.5. The van der Waals surface area contributed by atoms with Crippen molar-refractivity contribution >= 4 is 28.3 Å². The predicted octanol–water partition coefficient (Wildman–Crippen LogP) is 3.01. The first kappa shape index (κ1) is 19.0. The molecule has 0 bridgehead atoms. The van der Waals surface area contributed by atoms with E-state index < -0.39 is 0 Å². The van der Waals surface area contributed by atoms with Gasteiger partial charge in [0.2, 0.25) is 5.88 Å². The lowest BCUT2D eigenvalue weighted by molar-refractivity contribution is 0.285. The third-order valence-electron chi connectivity index (χ3n) is 4.08. The monoisotopic (exact) mass is 413 g/mol. The van der Waals surface area contributed by atoms with Gasteiger partial charge in [0.15, 0.2) is 0 Å². The van der Waals surface area contributed by atoms with Gasteiger partial charge in [-0.05, 0) is 53.3 Å². The van der Waals surface area contributed by atoms with Crippen molar-refractivity contribution in [2.45, 2.75) is 26.0 Å². The van der Waals surface area contributed by atoms with E-state index in [1.54, 1.807) is 10.9 Å². The van der Waals surface area contributed by atoms with E-state index in [2.05, 4.69) is 26.2 Å². The van der Waals surface area contributed by atoms with Crippen molar-refractivity contribution in [3.63, 3.8) is 0 Å². The number of halogens is 2. The van der Waals surface area contributed by atoms with E-state index in [1.165, 1.54) is 0 Å². The third kappa shape index (κ3) is 4.82. The molecule has 1 aliphatic heterocycles. The molecule has 1 N–H and O–H groups in total. The molecule has 1 fully saturated rings. The van der Waals surface area contributed by atoms with Crippen LogP contribution < -0.4 is 15.6 Å². The Morgan fingerprint density at radius 1 is 1.25 bits per heavy atom. The number of rotatable bonds is 5. The fraction of sp³-hybridized carbons (Fsp3) is 0.412. The number of nitrogens with one attached hydrogen (secondary N) is 1. The minimum atomic E-state index is -0.0819. The molecular formula is C17H21BrClN3O2. The molecule has 0 spiro atoms. The summed E-state index contributed by atoms with van der Waals surface area (Å²) in [5.74, 6) is 0.874. The fourth-order valence-corrected chi connectivity index (χ4v) is 3.19. The highest BCUT2D eigenvalue weighted by Gasteiger charge is 2.16. The average Bonchev–Trinajstić information content (AvgIpc) is 2.60. The minimum absolute atomic E-state index is 0. The molecule has 0 radical (unpaired) electrons. The zero-order valence-corrected chi connectivity index (χ0v) is 15.7. The number of ether oxygens (including phenoxy) is 1. The van der Waals surface area contributed by atoms with Crippen molar-refractivity contribution in [3.05, 3.63) is 57.0 Å². The third-order valence-corrected chi connectivity index (χ3v) is 4.76. The lowest BCUT2D eigenvalue weighted by Gasteiger charge is -2.23. The highest BCUT2D eigenvalue weighted by molar-refractivity contribution is 9.10. The van der Waals surface area contributed by atoms with Crippen LogP contribution in [0.25, 0.3) is 0 Å². The summed E-state index contributed by atoms with van der Waals surface area (Å²) in [6, 6.07) is 9.83. The number of piperidine rings is 1. The lowest BCUT2D eigenvalue weighted by Crippen LogP contribution is -2.33. The van der Waals surface area contributed by atoms with Gasteiger partial charge in [-0.15, -0.1) is 12.4 Å². The molecule has 1 aromatic carbocycles. The average molecular weight is 415 g/mol. The molecule has 1 aromatic heterocycles. The zero-order chi connectivity index (χ0) is 16.1. The van der Waals surface area contributed by atoms with Gasteiger partial charge in [-0.3, -0.25) is 9.36 Å². The Bertz CT molecular complexity index is 703. The van der Waals surface area contributed by atoms with Crippen molar-refractivity contribution in [2.24, 2.45) is 5.92 Å². The summed E-state index contributed by atoms with van der Waals surface area (Å²) >= 11 is 3.34. The molecule has 0 amide bonds. The maximum Gasteiger partial charge on any atom is 0.271 e. The van der Waals surface area contributed by atoms with Crippen LogP contribution in [0, 0.1) is 5.92 Å². The molecule has 1 saturated heterocycles. The first-order valence-electron chi connectivity index (χ1n) is 7.86. The number of hydrogen-bond acceptors (Lipinski definition) is 4. The Hall–Kier alpha value is -1.37. The summed E-state index contributed by atoms with van der Waals surface area (Å²) in [5.41, 5.74) is 0.960. The first-order valence-corrected chi connectivity index (χ1v) is 8.65. The van der Waals surface area contributed by atoms with E-state index in [0.717, 1.165) is 31.5 Å². The van der Waals surface area contributed by atoms with Gasteiger partial charge in [0.25, 0.3) is 5.56 Å². The normalized spacial score (nSPS) is 14.9. The first-order chi connectivity index (χ1) is 11.2. The summed E-state index contributed by atoms with van der Waals surface area (Å²) in [5, 5.41) is 3.34. The number of benzene rings is 1. The van der Waals surface area contributed by atoms with E-state index in [4.69, 9.17) is 4.74 Å². The van der Waals surface area contributed by atoms with Gasteiger partial charge in [-0.25, -0.2) is 4.98 Å². The van der Waals surface area contributed by atoms with Gasteiger partial charge in [0.05, 0.1) is 0 Å². The van der Waals surface area contributed by atoms with Crippen LogP contribution in [0.2, 0.25) is 0 Å². The Morgan fingerprint density at radius 3 is 2.67 bits per heavy atom. The van der Waals surface area contributed by atoms with Crippen LogP contribution in [0.4, 0.5) is 0 Å². The van der Waals surface area contributed by atoms with Gasteiger partial charge < -0.3 is 10.1 Å². The number of nitrogens with zero attached hydrogens (tertiary/aromatic N) is 2. The molecule has 24 heavy (non-hydrogen) atoms. The molecule has 0 aliphatic carbocycles.